The van der Waals surface area contributed by atoms with Crippen LogP contribution in [-0.4, -0.2) is 17.0 Å². The Hall–Kier alpha value is -2.08. The zero-order valence-electron chi connectivity index (χ0n) is 11.0. The lowest BCUT2D eigenvalue weighted by atomic mass is 10.2. The molecule has 0 spiro atoms. The highest BCUT2D eigenvalue weighted by molar-refractivity contribution is 9.10. The number of pyridine rings is 1. The number of benzene rings is 1. The predicted molar refractivity (Wildman–Crippen MR) is 81.6 cm³/mol. The Kier molecular flexibility index (Phi) is 3.10. The van der Waals surface area contributed by atoms with Gasteiger partial charge in [-0.3, -0.25) is 4.98 Å². The zero-order valence-corrected chi connectivity index (χ0v) is 12.6. The molecule has 0 saturated heterocycles. The fraction of sp³-hybridized carbons (Fsp3) is 0.143. The van der Waals surface area contributed by atoms with Crippen LogP contribution in [0.2, 0.25) is 0 Å². The molecule has 2 heterocycles. The van der Waals surface area contributed by atoms with Gasteiger partial charge < -0.3 is 9.32 Å². The molecule has 5 nitrogen and oxygen atoms in total. The Labute approximate surface area is 123 Å². The molecule has 0 aliphatic heterocycles. The molecule has 3 aromatic rings. The Balaban J connectivity index is 2.04. The molecule has 0 aliphatic rings. The van der Waals surface area contributed by atoms with Gasteiger partial charge in [0.15, 0.2) is 5.58 Å². The third kappa shape index (κ3) is 2.22. The van der Waals surface area contributed by atoms with Gasteiger partial charge in [-0.25, -0.2) is 9.78 Å². The first-order valence-corrected chi connectivity index (χ1v) is 6.83. The van der Waals surface area contributed by atoms with Gasteiger partial charge in [0.05, 0.1) is 11.2 Å². The fourth-order valence-corrected chi connectivity index (χ4v) is 2.22. The van der Waals surface area contributed by atoms with Gasteiger partial charge in [0, 0.05) is 17.2 Å². The molecule has 0 aliphatic carbocycles. The molecule has 2 aromatic heterocycles. The van der Waals surface area contributed by atoms with Gasteiger partial charge in [-0.05, 0) is 53.2 Å². The number of hydrogen-bond acceptors (Lipinski definition) is 4. The minimum Gasteiger partial charge on any atom is -0.408 e. The summed E-state index contributed by atoms with van der Waals surface area (Å²) in [4.78, 5) is 20.3. The molecule has 1 N–H and O–H groups in total. The summed E-state index contributed by atoms with van der Waals surface area (Å²) in [7, 11) is 1.93. The molecule has 1 aromatic carbocycles. The summed E-state index contributed by atoms with van der Waals surface area (Å²) >= 11 is 3.44. The highest BCUT2D eigenvalue weighted by atomic mass is 79.9. The summed E-state index contributed by atoms with van der Waals surface area (Å²) in [6.07, 6.45) is 0. The van der Waals surface area contributed by atoms with Gasteiger partial charge in [-0.15, -0.1) is 0 Å². The molecule has 0 radical (unpaired) electrons. The van der Waals surface area contributed by atoms with Crippen LogP contribution in [0.1, 0.15) is 5.69 Å². The van der Waals surface area contributed by atoms with Crippen LogP contribution in [0.5, 0.6) is 0 Å². The molecule has 102 valence electrons. The van der Waals surface area contributed by atoms with Crippen molar-refractivity contribution in [2.45, 2.75) is 6.92 Å². The van der Waals surface area contributed by atoms with Crippen LogP contribution >= 0.6 is 15.9 Å². The van der Waals surface area contributed by atoms with Crippen molar-refractivity contribution >= 4 is 38.5 Å². The molecular formula is C14H12BrN3O2. The van der Waals surface area contributed by atoms with Crippen LogP contribution in [0.4, 0.5) is 11.5 Å². The number of oxazole rings is 1. The van der Waals surface area contributed by atoms with E-state index in [2.05, 4.69) is 25.9 Å². The second-order valence-electron chi connectivity index (χ2n) is 4.49. The maximum Gasteiger partial charge on any atom is 0.417 e. The van der Waals surface area contributed by atoms with Crippen molar-refractivity contribution in [1.82, 2.24) is 9.97 Å². The van der Waals surface area contributed by atoms with Crippen LogP contribution in [0, 0.1) is 6.92 Å². The monoisotopic (exact) mass is 333 g/mol. The van der Waals surface area contributed by atoms with E-state index in [1.54, 1.807) is 6.07 Å². The SMILES string of the molecule is Cc1nc(N(C)c2ccc3oc(=O)[nH]c3c2)ccc1Br. The van der Waals surface area contributed by atoms with E-state index in [4.69, 9.17) is 4.42 Å². The normalized spacial score (nSPS) is 10.9. The van der Waals surface area contributed by atoms with Crippen LogP contribution in [-0.2, 0) is 0 Å². The third-order valence-electron chi connectivity index (χ3n) is 3.14. The van der Waals surface area contributed by atoms with E-state index in [0.29, 0.717) is 11.1 Å². The van der Waals surface area contributed by atoms with E-state index in [1.165, 1.54) is 0 Å². The topological polar surface area (TPSA) is 62.1 Å². The highest BCUT2D eigenvalue weighted by Gasteiger charge is 2.09. The van der Waals surface area contributed by atoms with E-state index in [9.17, 15) is 4.79 Å². The predicted octanol–water partition coefficient (Wildman–Crippen LogP) is 3.35. The minimum atomic E-state index is -0.447. The average Bonchev–Trinajstić information content (AvgIpc) is 2.80. The number of hydrogen-bond donors (Lipinski definition) is 1. The Bertz CT molecular complexity index is 838. The van der Waals surface area contributed by atoms with Crippen molar-refractivity contribution in [3.05, 3.63) is 51.0 Å². The summed E-state index contributed by atoms with van der Waals surface area (Å²) in [5.41, 5.74) is 3.07. The molecule has 0 saturated carbocycles. The smallest absolute Gasteiger partial charge is 0.408 e. The second kappa shape index (κ2) is 4.79. The summed E-state index contributed by atoms with van der Waals surface area (Å²) in [5, 5.41) is 0. The van der Waals surface area contributed by atoms with Crippen molar-refractivity contribution in [2.24, 2.45) is 0 Å². The zero-order chi connectivity index (χ0) is 14.3. The molecule has 0 amide bonds. The maximum atomic E-state index is 11.2. The number of nitrogens with zero attached hydrogens (tertiary/aromatic N) is 2. The summed E-state index contributed by atoms with van der Waals surface area (Å²) < 4.78 is 5.97. The minimum absolute atomic E-state index is 0.447. The number of H-pyrrole nitrogens is 1. The fourth-order valence-electron chi connectivity index (χ4n) is 2.00. The van der Waals surface area contributed by atoms with Gasteiger partial charge >= 0.3 is 5.76 Å². The van der Waals surface area contributed by atoms with E-state index in [-0.39, 0.29) is 0 Å². The summed E-state index contributed by atoms with van der Waals surface area (Å²) in [6.45, 7) is 1.94. The molecule has 3 rings (SSSR count). The van der Waals surface area contributed by atoms with Crippen molar-refractivity contribution in [3.63, 3.8) is 0 Å². The van der Waals surface area contributed by atoms with Crippen molar-refractivity contribution in [1.29, 1.82) is 0 Å². The molecule has 0 atom stereocenters. The van der Waals surface area contributed by atoms with E-state index in [0.717, 1.165) is 21.7 Å². The number of aromatic nitrogens is 2. The van der Waals surface area contributed by atoms with Crippen molar-refractivity contribution < 1.29 is 4.42 Å². The molecule has 0 bridgehead atoms. The first kappa shape index (κ1) is 12.9. The molecule has 6 heteroatoms. The van der Waals surface area contributed by atoms with E-state index < -0.39 is 5.76 Å². The molecule has 20 heavy (non-hydrogen) atoms. The second-order valence-corrected chi connectivity index (χ2v) is 5.35. The molecular weight excluding hydrogens is 322 g/mol. The number of aryl methyl sites for hydroxylation is 1. The average molecular weight is 334 g/mol. The van der Waals surface area contributed by atoms with Crippen molar-refractivity contribution in [3.8, 4) is 0 Å². The standard InChI is InChI=1S/C14H12BrN3O2/c1-8-10(15)4-6-13(16-8)18(2)9-3-5-12-11(7-9)17-14(19)20-12/h3-7H,1-2H3,(H,17,19). The van der Waals surface area contributed by atoms with Gasteiger partial charge in [-0.1, -0.05) is 0 Å². The van der Waals surface area contributed by atoms with Gasteiger partial charge in [-0.2, -0.15) is 0 Å². The lowest BCUT2D eigenvalue weighted by molar-refractivity contribution is 0.555. The van der Waals surface area contributed by atoms with Crippen molar-refractivity contribution in [2.75, 3.05) is 11.9 Å². The number of rotatable bonds is 2. The number of halogens is 1. The summed E-state index contributed by atoms with van der Waals surface area (Å²) in [5.74, 6) is 0.383. The Morgan fingerprint density at radius 1 is 1.30 bits per heavy atom. The first-order valence-electron chi connectivity index (χ1n) is 6.04. The first-order chi connectivity index (χ1) is 9.54. The van der Waals surface area contributed by atoms with Crippen LogP contribution in [0.3, 0.4) is 0 Å². The molecule has 0 unspecified atom stereocenters. The van der Waals surface area contributed by atoms with Crippen LogP contribution in [0.15, 0.2) is 44.0 Å². The van der Waals surface area contributed by atoms with Gasteiger partial charge in [0.25, 0.3) is 0 Å². The van der Waals surface area contributed by atoms with Gasteiger partial charge in [0.2, 0.25) is 0 Å². The number of nitrogens with one attached hydrogen (secondary N) is 1. The van der Waals surface area contributed by atoms with Crippen LogP contribution in [0.25, 0.3) is 11.1 Å². The molecule has 0 fully saturated rings. The Morgan fingerprint density at radius 3 is 2.85 bits per heavy atom. The quantitative estimate of drug-likeness (QED) is 0.781. The van der Waals surface area contributed by atoms with E-state index in [1.807, 2.05) is 43.1 Å². The lowest BCUT2D eigenvalue weighted by Gasteiger charge is -2.18. The lowest BCUT2D eigenvalue weighted by Crippen LogP contribution is -2.11. The number of aromatic amines is 1. The third-order valence-corrected chi connectivity index (χ3v) is 3.98. The number of anilines is 2. The number of fused-ring (bicyclic) bond motifs is 1. The maximum absolute atomic E-state index is 11.2. The Morgan fingerprint density at radius 2 is 2.10 bits per heavy atom. The summed E-state index contributed by atoms with van der Waals surface area (Å²) in [6, 6.07) is 9.41. The highest BCUT2D eigenvalue weighted by Crippen LogP contribution is 2.26. The largest absolute Gasteiger partial charge is 0.417 e. The van der Waals surface area contributed by atoms with Crippen LogP contribution < -0.4 is 10.7 Å². The van der Waals surface area contributed by atoms with Gasteiger partial charge in [0.1, 0.15) is 5.82 Å². The van der Waals surface area contributed by atoms with E-state index >= 15 is 0 Å².